The van der Waals surface area contributed by atoms with Gasteiger partial charge in [0.05, 0.1) is 7.11 Å². The number of nitrogens with two attached hydrogens (primary N) is 1. The standard InChI is InChI=1S/C13H17NO2/c1-16-12(15)13(14)8-11(9-13)7-10-5-3-2-4-6-10/h2-6,11H,7-9,14H2,1H3. The van der Waals surface area contributed by atoms with Gasteiger partial charge in [-0.15, -0.1) is 0 Å². The van der Waals surface area contributed by atoms with Crippen LogP contribution in [-0.4, -0.2) is 18.6 Å². The molecule has 1 saturated carbocycles. The molecular weight excluding hydrogens is 202 g/mol. The van der Waals surface area contributed by atoms with Crippen molar-refractivity contribution in [3.63, 3.8) is 0 Å². The van der Waals surface area contributed by atoms with Crippen molar-refractivity contribution >= 4 is 5.97 Å². The Bertz CT molecular complexity index is 369. The normalized spacial score (nSPS) is 28.2. The van der Waals surface area contributed by atoms with Crippen molar-refractivity contribution in [2.75, 3.05) is 7.11 Å². The van der Waals surface area contributed by atoms with E-state index in [1.807, 2.05) is 18.2 Å². The molecule has 0 spiro atoms. The lowest BCUT2D eigenvalue weighted by molar-refractivity contribution is -0.152. The Kier molecular flexibility index (Phi) is 2.97. The van der Waals surface area contributed by atoms with Crippen LogP contribution in [0.25, 0.3) is 0 Å². The highest BCUT2D eigenvalue weighted by molar-refractivity contribution is 5.81. The maximum absolute atomic E-state index is 11.4. The van der Waals surface area contributed by atoms with E-state index in [4.69, 9.17) is 10.5 Å². The van der Waals surface area contributed by atoms with Crippen LogP contribution in [0.5, 0.6) is 0 Å². The van der Waals surface area contributed by atoms with Gasteiger partial charge in [-0.25, -0.2) is 0 Å². The van der Waals surface area contributed by atoms with Crippen molar-refractivity contribution in [2.45, 2.75) is 24.8 Å². The second-order valence-electron chi connectivity index (χ2n) is 4.61. The summed E-state index contributed by atoms with van der Waals surface area (Å²) < 4.78 is 4.69. The van der Waals surface area contributed by atoms with Gasteiger partial charge < -0.3 is 10.5 Å². The van der Waals surface area contributed by atoms with Crippen LogP contribution in [0.4, 0.5) is 0 Å². The first kappa shape index (κ1) is 11.1. The maximum atomic E-state index is 11.4. The molecule has 86 valence electrons. The van der Waals surface area contributed by atoms with Gasteiger partial charge in [-0.05, 0) is 30.7 Å². The van der Waals surface area contributed by atoms with E-state index in [0.717, 1.165) is 19.3 Å². The first-order chi connectivity index (χ1) is 7.64. The van der Waals surface area contributed by atoms with Crippen molar-refractivity contribution in [1.82, 2.24) is 0 Å². The monoisotopic (exact) mass is 219 g/mol. The van der Waals surface area contributed by atoms with Crippen LogP contribution in [-0.2, 0) is 16.0 Å². The molecule has 0 radical (unpaired) electrons. The Morgan fingerprint density at radius 2 is 2.06 bits per heavy atom. The van der Waals surface area contributed by atoms with Gasteiger partial charge in [-0.3, -0.25) is 4.79 Å². The van der Waals surface area contributed by atoms with Gasteiger partial charge in [0, 0.05) is 0 Å². The van der Waals surface area contributed by atoms with Crippen molar-refractivity contribution < 1.29 is 9.53 Å². The molecule has 1 fully saturated rings. The number of hydrogen-bond donors (Lipinski definition) is 1. The van der Waals surface area contributed by atoms with Crippen LogP contribution in [0.1, 0.15) is 18.4 Å². The van der Waals surface area contributed by atoms with E-state index in [2.05, 4.69) is 12.1 Å². The molecule has 0 unspecified atom stereocenters. The van der Waals surface area contributed by atoms with E-state index in [-0.39, 0.29) is 5.97 Å². The molecule has 0 amide bonds. The number of benzene rings is 1. The fourth-order valence-electron chi connectivity index (χ4n) is 2.43. The molecular formula is C13H17NO2. The maximum Gasteiger partial charge on any atom is 0.325 e. The summed E-state index contributed by atoms with van der Waals surface area (Å²) in [6.07, 6.45) is 2.46. The van der Waals surface area contributed by atoms with Gasteiger partial charge in [0.1, 0.15) is 5.54 Å². The zero-order valence-corrected chi connectivity index (χ0v) is 9.48. The summed E-state index contributed by atoms with van der Waals surface area (Å²) in [6, 6.07) is 10.3. The summed E-state index contributed by atoms with van der Waals surface area (Å²) in [6.45, 7) is 0. The lowest BCUT2D eigenvalue weighted by Gasteiger charge is -2.42. The lowest BCUT2D eigenvalue weighted by atomic mass is 9.67. The first-order valence-corrected chi connectivity index (χ1v) is 5.55. The SMILES string of the molecule is COC(=O)C1(N)CC(Cc2ccccc2)C1. The summed E-state index contributed by atoms with van der Waals surface area (Å²) in [4.78, 5) is 11.4. The van der Waals surface area contributed by atoms with E-state index < -0.39 is 5.54 Å². The second-order valence-corrected chi connectivity index (χ2v) is 4.61. The Morgan fingerprint density at radius 1 is 1.44 bits per heavy atom. The molecule has 2 N–H and O–H groups in total. The Morgan fingerprint density at radius 3 is 2.62 bits per heavy atom. The Balaban J connectivity index is 1.87. The number of carbonyl (C=O) groups excluding carboxylic acids is 1. The molecule has 0 aliphatic heterocycles. The van der Waals surface area contributed by atoms with E-state index in [1.165, 1.54) is 12.7 Å². The van der Waals surface area contributed by atoms with Crippen LogP contribution in [0, 0.1) is 5.92 Å². The van der Waals surface area contributed by atoms with Gasteiger partial charge in [0.2, 0.25) is 0 Å². The van der Waals surface area contributed by atoms with Gasteiger partial charge in [0.25, 0.3) is 0 Å². The second kappa shape index (κ2) is 4.26. The van der Waals surface area contributed by atoms with Crippen LogP contribution in [0.3, 0.4) is 0 Å². The fraction of sp³-hybridized carbons (Fsp3) is 0.462. The molecule has 0 heterocycles. The average Bonchev–Trinajstić information content (AvgIpc) is 2.27. The molecule has 1 aliphatic rings. The number of rotatable bonds is 3. The minimum Gasteiger partial charge on any atom is -0.468 e. The molecule has 0 aromatic heterocycles. The molecule has 3 heteroatoms. The van der Waals surface area contributed by atoms with E-state index >= 15 is 0 Å². The quantitative estimate of drug-likeness (QED) is 0.784. The van der Waals surface area contributed by atoms with Crippen LogP contribution < -0.4 is 5.73 Å². The summed E-state index contributed by atoms with van der Waals surface area (Å²) in [7, 11) is 1.39. The van der Waals surface area contributed by atoms with Crippen LogP contribution >= 0.6 is 0 Å². The van der Waals surface area contributed by atoms with Crippen LogP contribution in [0.15, 0.2) is 30.3 Å². The highest BCUT2D eigenvalue weighted by atomic mass is 16.5. The van der Waals surface area contributed by atoms with E-state index in [0.29, 0.717) is 5.92 Å². The highest BCUT2D eigenvalue weighted by Crippen LogP contribution is 2.38. The Labute approximate surface area is 95.6 Å². The molecule has 16 heavy (non-hydrogen) atoms. The number of ether oxygens (including phenoxy) is 1. The smallest absolute Gasteiger partial charge is 0.325 e. The molecule has 2 rings (SSSR count). The predicted molar refractivity (Wildman–Crippen MR) is 61.8 cm³/mol. The summed E-state index contributed by atoms with van der Waals surface area (Å²) in [5.74, 6) is 0.225. The molecule has 0 atom stereocenters. The third kappa shape index (κ3) is 2.09. The fourth-order valence-corrected chi connectivity index (χ4v) is 2.43. The van der Waals surface area contributed by atoms with E-state index in [9.17, 15) is 4.79 Å². The molecule has 3 nitrogen and oxygen atoms in total. The van der Waals surface area contributed by atoms with Crippen molar-refractivity contribution in [1.29, 1.82) is 0 Å². The predicted octanol–water partition coefficient (Wildman–Crippen LogP) is 1.51. The molecule has 1 aromatic rings. The number of hydrogen-bond acceptors (Lipinski definition) is 3. The van der Waals surface area contributed by atoms with Crippen molar-refractivity contribution in [2.24, 2.45) is 11.7 Å². The summed E-state index contributed by atoms with van der Waals surface area (Å²) >= 11 is 0. The van der Waals surface area contributed by atoms with E-state index in [1.54, 1.807) is 0 Å². The minimum atomic E-state index is -0.728. The molecule has 1 aliphatic carbocycles. The van der Waals surface area contributed by atoms with Crippen molar-refractivity contribution in [3.05, 3.63) is 35.9 Å². The van der Waals surface area contributed by atoms with Gasteiger partial charge in [0.15, 0.2) is 0 Å². The van der Waals surface area contributed by atoms with Gasteiger partial charge >= 0.3 is 5.97 Å². The third-order valence-corrected chi connectivity index (χ3v) is 3.26. The number of carbonyl (C=O) groups is 1. The first-order valence-electron chi connectivity index (χ1n) is 5.55. The highest BCUT2D eigenvalue weighted by Gasteiger charge is 2.47. The number of methoxy groups -OCH3 is 1. The molecule has 0 bridgehead atoms. The van der Waals surface area contributed by atoms with Gasteiger partial charge in [-0.2, -0.15) is 0 Å². The molecule has 1 aromatic carbocycles. The lowest BCUT2D eigenvalue weighted by Crippen LogP contribution is -2.58. The molecule has 0 saturated heterocycles. The van der Waals surface area contributed by atoms with Crippen LogP contribution in [0.2, 0.25) is 0 Å². The largest absolute Gasteiger partial charge is 0.468 e. The third-order valence-electron chi connectivity index (χ3n) is 3.26. The number of esters is 1. The van der Waals surface area contributed by atoms with Crippen molar-refractivity contribution in [3.8, 4) is 0 Å². The zero-order chi connectivity index (χ0) is 11.6. The summed E-state index contributed by atoms with van der Waals surface area (Å²) in [5, 5.41) is 0. The Hall–Kier alpha value is -1.35. The average molecular weight is 219 g/mol. The minimum absolute atomic E-state index is 0.281. The summed E-state index contributed by atoms with van der Waals surface area (Å²) in [5.41, 5.74) is 6.50. The van der Waals surface area contributed by atoms with Gasteiger partial charge in [-0.1, -0.05) is 30.3 Å². The topological polar surface area (TPSA) is 52.3 Å². The zero-order valence-electron chi connectivity index (χ0n) is 9.48.